The number of carbonyl (C=O) groups is 1. The fraction of sp³-hybridized carbons (Fsp3) is 0.240. The van der Waals surface area contributed by atoms with Crippen molar-refractivity contribution in [2.45, 2.75) is 36.7 Å². The number of rotatable bonds is 5. The van der Waals surface area contributed by atoms with Crippen LogP contribution in [-0.2, 0) is 26.1 Å². The molecule has 160 valence electrons. The number of carbonyl (C=O) groups excluding carboxylic acids is 1. The molecule has 0 N–H and O–H groups in total. The van der Waals surface area contributed by atoms with Gasteiger partial charge in [0.25, 0.3) is 0 Å². The van der Waals surface area contributed by atoms with Crippen LogP contribution in [0.3, 0.4) is 0 Å². The summed E-state index contributed by atoms with van der Waals surface area (Å²) in [5.74, 6) is -0.727. The van der Waals surface area contributed by atoms with E-state index in [4.69, 9.17) is 4.74 Å². The predicted octanol–water partition coefficient (Wildman–Crippen LogP) is 4.59. The summed E-state index contributed by atoms with van der Waals surface area (Å²) in [5.41, 5.74) is 3.73. The molecule has 2 atom stereocenters. The normalized spacial score (nSPS) is 18.9. The molecule has 0 aliphatic carbocycles. The SMILES string of the molecule is COC(=O)C[C@@H]1c2ccccc2CN(S(=O)(=O)c2ccc(C)cc2)[C@H]1c1ccccc1. The molecule has 6 heteroatoms. The van der Waals surface area contributed by atoms with Gasteiger partial charge >= 0.3 is 5.97 Å². The molecule has 5 nitrogen and oxygen atoms in total. The first-order valence-electron chi connectivity index (χ1n) is 10.2. The van der Waals surface area contributed by atoms with Gasteiger partial charge in [0.2, 0.25) is 10.0 Å². The summed E-state index contributed by atoms with van der Waals surface area (Å²) >= 11 is 0. The first kappa shape index (κ1) is 21.3. The van der Waals surface area contributed by atoms with Crippen LogP contribution >= 0.6 is 0 Å². The van der Waals surface area contributed by atoms with Crippen molar-refractivity contribution in [1.82, 2.24) is 4.31 Å². The highest BCUT2D eigenvalue weighted by Crippen LogP contribution is 2.46. The molecular weight excluding hydrogens is 410 g/mol. The molecule has 3 aromatic rings. The third-order valence-corrected chi connectivity index (χ3v) is 7.70. The lowest BCUT2D eigenvalue weighted by molar-refractivity contribution is -0.141. The first-order chi connectivity index (χ1) is 14.9. The molecule has 1 heterocycles. The standard InChI is InChI=1S/C25H25NO4S/c1-18-12-14-21(15-13-18)31(28,29)26-17-20-10-6-7-11-22(20)23(16-24(27)30-2)25(26)19-8-4-3-5-9-19/h3-15,23,25H,16-17H2,1-2H3/t23-,25+/m1/s1. The van der Waals surface area contributed by atoms with Gasteiger partial charge in [0.1, 0.15) is 0 Å². The molecular formula is C25H25NO4S. The van der Waals surface area contributed by atoms with Crippen molar-refractivity contribution >= 4 is 16.0 Å². The van der Waals surface area contributed by atoms with E-state index in [2.05, 4.69) is 0 Å². The first-order valence-corrected chi connectivity index (χ1v) is 11.6. The Hall–Kier alpha value is -2.96. The minimum Gasteiger partial charge on any atom is -0.469 e. The Kier molecular flexibility index (Phi) is 5.94. The largest absolute Gasteiger partial charge is 0.469 e. The molecule has 1 aliphatic rings. The summed E-state index contributed by atoms with van der Waals surface area (Å²) in [6, 6.07) is 23.6. The van der Waals surface area contributed by atoms with E-state index in [9.17, 15) is 13.2 Å². The van der Waals surface area contributed by atoms with Gasteiger partial charge in [-0.2, -0.15) is 4.31 Å². The van der Waals surface area contributed by atoms with Crippen LogP contribution in [-0.4, -0.2) is 25.8 Å². The highest BCUT2D eigenvalue weighted by molar-refractivity contribution is 7.89. The second-order valence-corrected chi connectivity index (χ2v) is 9.69. The van der Waals surface area contributed by atoms with Gasteiger partial charge in [0.15, 0.2) is 0 Å². The van der Waals surface area contributed by atoms with Gasteiger partial charge in [-0.3, -0.25) is 4.79 Å². The van der Waals surface area contributed by atoms with Crippen LogP contribution < -0.4 is 0 Å². The van der Waals surface area contributed by atoms with Gasteiger partial charge in [-0.05, 0) is 35.7 Å². The maximum Gasteiger partial charge on any atom is 0.306 e. The summed E-state index contributed by atoms with van der Waals surface area (Å²) in [4.78, 5) is 12.6. The molecule has 0 spiro atoms. The van der Waals surface area contributed by atoms with Crippen molar-refractivity contribution in [3.8, 4) is 0 Å². The Labute approximate surface area is 183 Å². The molecule has 3 aromatic carbocycles. The van der Waals surface area contributed by atoms with Crippen LogP contribution in [0.2, 0.25) is 0 Å². The van der Waals surface area contributed by atoms with Crippen LogP contribution in [0.15, 0.2) is 83.8 Å². The van der Waals surface area contributed by atoms with Crippen molar-refractivity contribution in [1.29, 1.82) is 0 Å². The van der Waals surface area contributed by atoms with Gasteiger partial charge in [0.05, 0.1) is 24.5 Å². The number of sulfonamides is 1. The number of benzene rings is 3. The third kappa shape index (κ3) is 4.13. The summed E-state index contributed by atoms with van der Waals surface area (Å²) in [7, 11) is -2.46. The third-order valence-electron chi connectivity index (χ3n) is 5.86. The number of methoxy groups -OCH3 is 1. The molecule has 0 fully saturated rings. The lowest BCUT2D eigenvalue weighted by atomic mass is 9.79. The molecule has 0 aromatic heterocycles. The van der Waals surface area contributed by atoms with E-state index < -0.39 is 16.1 Å². The number of hydrogen-bond donors (Lipinski definition) is 0. The molecule has 31 heavy (non-hydrogen) atoms. The van der Waals surface area contributed by atoms with Gasteiger partial charge in [-0.1, -0.05) is 72.3 Å². The number of aryl methyl sites for hydroxylation is 1. The van der Waals surface area contributed by atoms with Crippen molar-refractivity contribution in [3.63, 3.8) is 0 Å². The highest BCUT2D eigenvalue weighted by Gasteiger charge is 2.43. The fourth-order valence-electron chi connectivity index (χ4n) is 4.29. The maximum atomic E-state index is 13.8. The summed E-state index contributed by atoms with van der Waals surface area (Å²) in [6.07, 6.45) is 0.0903. The van der Waals surface area contributed by atoms with E-state index in [0.717, 1.165) is 22.3 Å². The van der Waals surface area contributed by atoms with E-state index in [1.807, 2.05) is 61.5 Å². The predicted molar refractivity (Wildman–Crippen MR) is 119 cm³/mol. The van der Waals surface area contributed by atoms with Gasteiger partial charge in [-0.25, -0.2) is 8.42 Å². The zero-order chi connectivity index (χ0) is 22.0. The number of nitrogens with zero attached hydrogens (tertiary/aromatic N) is 1. The number of fused-ring (bicyclic) bond motifs is 1. The van der Waals surface area contributed by atoms with Crippen LogP contribution in [0.4, 0.5) is 0 Å². The molecule has 0 amide bonds. The van der Waals surface area contributed by atoms with Crippen LogP contribution in [0.5, 0.6) is 0 Å². The summed E-state index contributed by atoms with van der Waals surface area (Å²) in [5, 5.41) is 0. The maximum absolute atomic E-state index is 13.8. The molecule has 0 saturated carbocycles. The summed E-state index contributed by atoms with van der Waals surface area (Å²) in [6.45, 7) is 2.16. The number of ether oxygens (including phenoxy) is 1. The average molecular weight is 436 g/mol. The van der Waals surface area contributed by atoms with E-state index in [-0.39, 0.29) is 29.7 Å². The Bertz CT molecular complexity index is 1170. The Morgan fingerprint density at radius 2 is 1.61 bits per heavy atom. The lowest BCUT2D eigenvalue weighted by Crippen LogP contribution is -2.41. The van der Waals surface area contributed by atoms with E-state index in [0.29, 0.717) is 0 Å². The molecule has 0 unspecified atom stereocenters. The van der Waals surface area contributed by atoms with E-state index >= 15 is 0 Å². The van der Waals surface area contributed by atoms with Crippen LogP contribution in [0.1, 0.15) is 40.6 Å². The summed E-state index contributed by atoms with van der Waals surface area (Å²) < 4.78 is 34.1. The van der Waals surface area contributed by atoms with E-state index in [1.54, 1.807) is 24.3 Å². The minimum atomic E-state index is -3.81. The monoisotopic (exact) mass is 435 g/mol. The van der Waals surface area contributed by atoms with Crippen molar-refractivity contribution in [2.24, 2.45) is 0 Å². The number of hydrogen-bond acceptors (Lipinski definition) is 4. The van der Waals surface area contributed by atoms with Crippen LogP contribution in [0.25, 0.3) is 0 Å². The highest BCUT2D eigenvalue weighted by atomic mass is 32.2. The van der Waals surface area contributed by atoms with Gasteiger partial charge < -0.3 is 4.74 Å². The zero-order valence-corrected chi connectivity index (χ0v) is 18.4. The quantitative estimate of drug-likeness (QED) is 0.550. The minimum absolute atomic E-state index is 0.0903. The zero-order valence-electron chi connectivity index (χ0n) is 17.6. The molecule has 4 rings (SSSR count). The van der Waals surface area contributed by atoms with Gasteiger partial charge in [-0.15, -0.1) is 0 Å². The topological polar surface area (TPSA) is 63.7 Å². The van der Waals surface area contributed by atoms with E-state index in [1.165, 1.54) is 11.4 Å². The van der Waals surface area contributed by atoms with Crippen molar-refractivity contribution in [2.75, 3.05) is 7.11 Å². The Morgan fingerprint density at radius 3 is 2.29 bits per heavy atom. The second-order valence-electron chi connectivity index (χ2n) is 7.80. The molecule has 0 radical (unpaired) electrons. The molecule has 1 aliphatic heterocycles. The van der Waals surface area contributed by atoms with Crippen molar-refractivity contribution < 1.29 is 17.9 Å². The fourth-order valence-corrected chi connectivity index (χ4v) is 5.92. The van der Waals surface area contributed by atoms with Gasteiger partial charge in [0, 0.05) is 12.5 Å². The molecule has 0 bridgehead atoms. The Balaban J connectivity index is 1.90. The molecule has 0 saturated heterocycles. The van der Waals surface area contributed by atoms with Crippen molar-refractivity contribution in [3.05, 3.63) is 101 Å². The van der Waals surface area contributed by atoms with Crippen LogP contribution in [0, 0.1) is 6.92 Å². The average Bonchev–Trinajstić information content (AvgIpc) is 2.79. The smallest absolute Gasteiger partial charge is 0.306 e. The lowest BCUT2D eigenvalue weighted by Gasteiger charge is -2.41. The second kappa shape index (κ2) is 8.65. The number of esters is 1. The Morgan fingerprint density at radius 1 is 0.968 bits per heavy atom.